The van der Waals surface area contributed by atoms with E-state index in [9.17, 15) is 8.78 Å². The number of nitrogens with zero attached hydrogens (tertiary/aromatic N) is 4. The van der Waals surface area contributed by atoms with Crippen molar-refractivity contribution in [1.82, 2.24) is 19.3 Å². The molecule has 0 fully saturated rings. The predicted octanol–water partition coefficient (Wildman–Crippen LogP) is 2.57. The first-order chi connectivity index (χ1) is 10.0. The van der Waals surface area contributed by atoms with E-state index in [2.05, 4.69) is 17.0 Å². The van der Waals surface area contributed by atoms with E-state index in [0.29, 0.717) is 16.9 Å². The number of aromatic nitrogens is 4. The van der Waals surface area contributed by atoms with Crippen LogP contribution in [0.25, 0.3) is 16.9 Å². The first-order valence-electron chi connectivity index (χ1n) is 6.68. The Bertz CT molecular complexity index is 818. The summed E-state index contributed by atoms with van der Waals surface area (Å²) in [6.45, 7) is 2.05. The van der Waals surface area contributed by atoms with Crippen LogP contribution in [0.5, 0.6) is 0 Å². The maximum atomic E-state index is 13.5. The van der Waals surface area contributed by atoms with Crippen LogP contribution in [0.3, 0.4) is 0 Å². The molecule has 1 aromatic carbocycles. The summed E-state index contributed by atoms with van der Waals surface area (Å²) in [5.41, 5.74) is 8.58. The first kappa shape index (κ1) is 13.5. The van der Waals surface area contributed by atoms with Crippen molar-refractivity contribution >= 4 is 17.1 Å². The van der Waals surface area contributed by atoms with Gasteiger partial charge in [0.25, 0.3) is 0 Å². The lowest BCUT2D eigenvalue weighted by molar-refractivity contribution is 0.508. The van der Waals surface area contributed by atoms with Gasteiger partial charge in [0.1, 0.15) is 5.52 Å². The maximum Gasteiger partial charge on any atom is 0.207 e. The molecule has 0 amide bonds. The fraction of sp³-hybridized carbons (Fsp3) is 0.286. The second-order valence-corrected chi connectivity index (χ2v) is 4.90. The summed E-state index contributed by atoms with van der Waals surface area (Å²) < 4.78 is 29.8. The van der Waals surface area contributed by atoms with Crippen molar-refractivity contribution < 1.29 is 8.78 Å². The van der Waals surface area contributed by atoms with Gasteiger partial charge in [-0.3, -0.25) is 4.57 Å². The standard InChI is InChI=1S/C14H15F2N5/c1-3-4-11-12-13(20(2)19-11)21(14(17)18-12)8-5-6-9(15)10(16)7-8/h5-7H,3-4H2,1-2H3,(H2,17,18). The fourth-order valence-corrected chi connectivity index (χ4v) is 2.48. The molecule has 0 spiro atoms. The molecule has 110 valence electrons. The molecule has 0 aliphatic rings. The number of fused-ring (bicyclic) bond motifs is 1. The third-order valence-corrected chi connectivity index (χ3v) is 3.38. The van der Waals surface area contributed by atoms with E-state index < -0.39 is 11.6 Å². The Kier molecular flexibility index (Phi) is 3.12. The van der Waals surface area contributed by atoms with Crippen molar-refractivity contribution in [1.29, 1.82) is 0 Å². The molecule has 0 unspecified atom stereocenters. The van der Waals surface area contributed by atoms with Crippen LogP contribution < -0.4 is 5.73 Å². The van der Waals surface area contributed by atoms with Gasteiger partial charge in [0, 0.05) is 13.1 Å². The van der Waals surface area contributed by atoms with Crippen LogP contribution in [-0.2, 0) is 13.5 Å². The number of nitrogen functional groups attached to an aromatic ring is 1. The molecule has 0 radical (unpaired) electrons. The van der Waals surface area contributed by atoms with Gasteiger partial charge in [-0.15, -0.1) is 0 Å². The molecule has 3 aromatic rings. The van der Waals surface area contributed by atoms with Gasteiger partial charge in [-0.05, 0) is 18.6 Å². The van der Waals surface area contributed by atoms with Gasteiger partial charge in [-0.1, -0.05) is 13.3 Å². The Balaban J connectivity index is 2.27. The predicted molar refractivity (Wildman–Crippen MR) is 76.2 cm³/mol. The molecule has 0 saturated carbocycles. The Hall–Kier alpha value is -2.44. The molecule has 0 atom stereocenters. The number of aryl methyl sites for hydroxylation is 2. The minimum Gasteiger partial charge on any atom is -0.369 e. The SMILES string of the molecule is CCCc1nn(C)c2c1nc(N)n2-c1ccc(F)c(F)c1. The zero-order valence-corrected chi connectivity index (χ0v) is 11.8. The van der Waals surface area contributed by atoms with Crippen LogP contribution in [0.1, 0.15) is 19.0 Å². The summed E-state index contributed by atoms with van der Waals surface area (Å²) in [7, 11) is 1.78. The molecular formula is C14H15F2N5. The smallest absolute Gasteiger partial charge is 0.207 e. The van der Waals surface area contributed by atoms with Crippen LogP contribution in [0.4, 0.5) is 14.7 Å². The van der Waals surface area contributed by atoms with Crippen LogP contribution in [0.2, 0.25) is 0 Å². The Morgan fingerprint density at radius 3 is 2.67 bits per heavy atom. The second kappa shape index (κ2) is 4.83. The fourth-order valence-electron chi connectivity index (χ4n) is 2.48. The van der Waals surface area contributed by atoms with E-state index >= 15 is 0 Å². The van der Waals surface area contributed by atoms with Crippen molar-refractivity contribution in [3.63, 3.8) is 0 Å². The number of imidazole rings is 1. The lowest BCUT2D eigenvalue weighted by atomic mass is 10.2. The van der Waals surface area contributed by atoms with Crippen LogP contribution in [-0.4, -0.2) is 19.3 Å². The largest absolute Gasteiger partial charge is 0.369 e. The highest BCUT2D eigenvalue weighted by molar-refractivity contribution is 5.80. The molecule has 2 heterocycles. The average molecular weight is 291 g/mol. The minimum absolute atomic E-state index is 0.223. The van der Waals surface area contributed by atoms with Gasteiger partial charge in [0.05, 0.1) is 11.4 Å². The molecule has 0 saturated heterocycles. The van der Waals surface area contributed by atoms with E-state index in [4.69, 9.17) is 5.73 Å². The van der Waals surface area contributed by atoms with Crippen molar-refractivity contribution in [2.45, 2.75) is 19.8 Å². The highest BCUT2D eigenvalue weighted by Gasteiger charge is 2.19. The Labute approximate surface area is 120 Å². The summed E-state index contributed by atoms with van der Waals surface area (Å²) in [5, 5.41) is 4.42. The highest BCUT2D eigenvalue weighted by Crippen LogP contribution is 2.26. The number of rotatable bonds is 3. The number of hydrogen-bond donors (Lipinski definition) is 1. The van der Waals surface area contributed by atoms with E-state index in [1.54, 1.807) is 16.3 Å². The molecule has 2 N–H and O–H groups in total. The zero-order chi connectivity index (χ0) is 15.1. The second-order valence-electron chi connectivity index (χ2n) is 4.90. The molecule has 21 heavy (non-hydrogen) atoms. The summed E-state index contributed by atoms with van der Waals surface area (Å²) in [5.74, 6) is -1.60. The zero-order valence-electron chi connectivity index (χ0n) is 11.8. The van der Waals surface area contributed by atoms with Gasteiger partial charge in [0.2, 0.25) is 5.95 Å². The van der Waals surface area contributed by atoms with Crippen molar-refractivity contribution in [3.05, 3.63) is 35.5 Å². The van der Waals surface area contributed by atoms with E-state index in [0.717, 1.165) is 30.7 Å². The number of nitrogens with two attached hydrogens (primary N) is 1. The monoisotopic (exact) mass is 291 g/mol. The number of anilines is 1. The van der Waals surface area contributed by atoms with Gasteiger partial charge >= 0.3 is 0 Å². The quantitative estimate of drug-likeness (QED) is 0.806. The van der Waals surface area contributed by atoms with Gasteiger partial charge in [0.15, 0.2) is 17.3 Å². The minimum atomic E-state index is -0.926. The molecule has 0 bridgehead atoms. The first-order valence-corrected chi connectivity index (χ1v) is 6.68. The summed E-state index contributed by atoms with van der Waals surface area (Å²) >= 11 is 0. The molecule has 2 aromatic heterocycles. The lowest BCUT2D eigenvalue weighted by Gasteiger charge is -2.07. The maximum absolute atomic E-state index is 13.5. The van der Waals surface area contributed by atoms with Crippen LogP contribution in [0, 0.1) is 11.6 Å². The molecule has 0 aliphatic carbocycles. The molecule has 0 aliphatic heterocycles. The third-order valence-electron chi connectivity index (χ3n) is 3.38. The molecular weight excluding hydrogens is 276 g/mol. The van der Waals surface area contributed by atoms with Crippen molar-refractivity contribution in [3.8, 4) is 5.69 Å². The lowest BCUT2D eigenvalue weighted by Crippen LogP contribution is -2.05. The summed E-state index contributed by atoms with van der Waals surface area (Å²) in [6.07, 6.45) is 1.72. The van der Waals surface area contributed by atoms with E-state index in [-0.39, 0.29) is 5.95 Å². The highest BCUT2D eigenvalue weighted by atomic mass is 19.2. The molecule has 5 nitrogen and oxygen atoms in total. The molecule has 3 rings (SSSR count). The van der Waals surface area contributed by atoms with Crippen LogP contribution in [0.15, 0.2) is 18.2 Å². The number of halogens is 2. The Morgan fingerprint density at radius 2 is 2.00 bits per heavy atom. The normalized spacial score (nSPS) is 11.4. The van der Waals surface area contributed by atoms with E-state index in [1.807, 2.05) is 0 Å². The van der Waals surface area contributed by atoms with Crippen molar-refractivity contribution in [2.75, 3.05) is 5.73 Å². The summed E-state index contributed by atoms with van der Waals surface area (Å²) in [4.78, 5) is 4.32. The number of hydrogen-bond acceptors (Lipinski definition) is 3. The number of benzene rings is 1. The van der Waals surface area contributed by atoms with Gasteiger partial charge < -0.3 is 5.73 Å². The Morgan fingerprint density at radius 1 is 1.24 bits per heavy atom. The third kappa shape index (κ3) is 2.05. The molecule has 7 heteroatoms. The van der Waals surface area contributed by atoms with Crippen molar-refractivity contribution in [2.24, 2.45) is 7.05 Å². The average Bonchev–Trinajstić information content (AvgIpc) is 2.92. The van der Waals surface area contributed by atoms with Crippen LogP contribution >= 0.6 is 0 Å². The topological polar surface area (TPSA) is 61.7 Å². The van der Waals surface area contributed by atoms with E-state index in [1.165, 1.54) is 6.07 Å². The van der Waals surface area contributed by atoms with Gasteiger partial charge in [-0.25, -0.2) is 18.4 Å². The summed E-state index contributed by atoms with van der Waals surface area (Å²) in [6, 6.07) is 3.63. The van der Waals surface area contributed by atoms with Gasteiger partial charge in [-0.2, -0.15) is 5.10 Å².